The average Bonchev–Trinajstić information content (AvgIpc) is 2.52. The Kier molecular flexibility index (Phi) is 10.2. The third kappa shape index (κ3) is 7.45. The Hall–Kier alpha value is -0.810. The summed E-state index contributed by atoms with van der Waals surface area (Å²) in [6.07, 6.45) is 3.73. The molecular formula is C17H36N4O. The molecule has 0 amide bonds. The molecule has 0 saturated carbocycles. The van der Waals surface area contributed by atoms with Gasteiger partial charge in [-0.3, -0.25) is 9.89 Å². The topological polar surface area (TPSA) is 48.9 Å². The highest BCUT2D eigenvalue weighted by atomic mass is 16.5. The summed E-state index contributed by atoms with van der Waals surface area (Å²) < 4.78 is 5.47. The van der Waals surface area contributed by atoms with Crippen LogP contribution in [0.2, 0.25) is 0 Å². The molecule has 5 heteroatoms. The van der Waals surface area contributed by atoms with Gasteiger partial charge in [-0.25, -0.2) is 0 Å². The summed E-state index contributed by atoms with van der Waals surface area (Å²) in [5, 5.41) is 6.80. The van der Waals surface area contributed by atoms with Crippen molar-refractivity contribution in [3.8, 4) is 0 Å². The number of nitrogens with one attached hydrogen (secondary N) is 2. The Morgan fingerprint density at radius 2 is 1.86 bits per heavy atom. The lowest BCUT2D eigenvalue weighted by atomic mass is 10.0. The molecule has 1 heterocycles. The maximum absolute atomic E-state index is 5.47. The second-order valence-electron chi connectivity index (χ2n) is 6.31. The summed E-state index contributed by atoms with van der Waals surface area (Å²) in [7, 11) is 0. The van der Waals surface area contributed by atoms with Crippen molar-refractivity contribution < 1.29 is 4.74 Å². The molecule has 0 aliphatic carbocycles. The Morgan fingerprint density at radius 1 is 1.14 bits per heavy atom. The van der Waals surface area contributed by atoms with Crippen molar-refractivity contribution in [3.05, 3.63) is 0 Å². The Bertz CT molecular complexity index is 301. The van der Waals surface area contributed by atoms with Crippen molar-refractivity contribution in [3.63, 3.8) is 0 Å². The molecule has 22 heavy (non-hydrogen) atoms. The Balaban J connectivity index is 2.51. The molecule has 1 unspecified atom stereocenters. The molecule has 1 aliphatic rings. The standard InChI is InChI=1S/C17H36N4O/c1-5-7-8-9-19-17(18-6-2)20-14-16(15(3)4)21-10-12-22-13-11-21/h15-16H,5-14H2,1-4H3,(H2,18,19,20). The van der Waals surface area contributed by atoms with E-state index in [9.17, 15) is 0 Å². The smallest absolute Gasteiger partial charge is 0.191 e. The van der Waals surface area contributed by atoms with Crippen LogP contribution in [0.4, 0.5) is 0 Å². The number of rotatable bonds is 9. The van der Waals surface area contributed by atoms with Gasteiger partial charge in [0.1, 0.15) is 0 Å². The van der Waals surface area contributed by atoms with Crippen LogP contribution < -0.4 is 10.6 Å². The Labute approximate surface area is 136 Å². The van der Waals surface area contributed by atoms with E-state index < -0.39 is 0 Å². The monoisotopic (exact) mass is 312 g/mol. The molecule has 130 valence electrons. The molecule has 1 atom stereocenters. The fraction of sp³-hybridized carbons (Fsp3) is 0.941. The van der Waals surface area contributed by atoms with Gasteiger partial charge in [-0.1, -0.05) is 33.6 Å². The van der Waals surface area contributed by atoms with E-state index in [1.807, 2.05) is 0 Å². The van der Waals surface area contributed by atoms with Gasteiger partial charge in [0.05, 0.1) is 19.8 Å². The van der Waals surface area contributed by atoms with Crippen molar-refractivity contribution in [1.29, 1.82) is 0 Å². The van der Waals surface area contributed by atoms with Crippen LogP contribution in [0.15, 0.2) is 4.99 Å². The first-order valence-corrected chi connectivity index (χ1v) is 9.03. The molecule has 0 bridgehead atoms. The van der Waals surface area contributed by atoms with Crippen LogP contribution in [0, 0.1) is 5.92 Å². The van der Waals surface area contributed by atoms with Crippen molar-refractivity contribution in [2.75, 3.05) is 45.9 Å². The maximum atomic E-state index is 5.47. The van der Waals surface area contributed by atoms with E-state index in [-0.39, 0.29) is 0 Å². The predicted octanol–water partition coefficient (Wildman–Crippen LogP) is 2.09. The predicted molar refractivity (Wildman–Crippen MR) is 94.5 cm³/mol. The molecule has 1 rings (SSSR count). The first kappa shape index (κ1) is 19.2. The number of unbranched alkanes of at least 4 members (excludes halogenated alkanes) is 2. The third-order valence-corrected chi connectivity index (χ3v) is 4.14. The van der Waals surface area contributed by atoms with Crippen LogP contribution in [-0.2, 0) is 4.74 Å². The molecule has 2 N–H and O–H groups in total. The van der Waals surface area contributed by atoms with E-state index in [1.54, 1.807) is 0 Å². The van der Waals surface area contributed by atoms with Gasteiger partial charge in [0.25, 0.3) is 0 Å². The molecule has 1 saturated heterocycles. The molecule has 0 aromatic carbocycles. The van der Waals surface area contributed by atoms with E-state index >= 15 is 0 Å². The summed E-state index contributed by atoms with van der Waals surface area (Å²) in [6.45, 7) is 15.4. The molecule has 0 radical (unpaired) electrons. The second kappa shape index (κ2) is 11.7. The second-order valence-corrected chi connectivity index (χ2v) is 6.31. The van der Waals surface area contributed by atoms with Gasteiger partial charge >= 0.3 is 0 Å². The van der Waals surface area contributed by atoms with Gasteiger partial charge in [0.15, 0.2) is 5.96 Å². The first-order valence-electron chi connectivity index (χ1n) is 9.03. The van der Waals surface area contributed by atoms with Gasteiger partial charge in [-0.05, 0) is 19.3 Å². The maximum Gasteiger partial charge on any atom is 0.191 e. The van der Waals surface area contributed by atoms with Gasteiger partial charge in [-0.2, -0.15) is 0 Å². The average molecular weight is 313 g/mol. The number of aliphatic imine (C=N–C) groups is 1. The molecule has 0 aromatic heterocycles. The number of hydrogen-bond acceptors (Lipinski definition) is 3. The highest BCUT2D eigenvalue weighted by Crippen LogP contribution is 2.13. The summed E-state index contributed by atoms with van der Waals surface area (Å²) in [5.41, 5.74) is 0. The SMILES string of the molecule is CCCCCNC(=NCC(C(C)C)N1CCOCC1)NCC. The van der Waals surface area contributed by atoms with Crippen molar-refractivity contribution in [1.82, 2.24) is 15.5 Å². The summed E-state index contributed by atoms with van der Waals surface area (Å²) >= 11 is 0. The lowest BCUT2D eigenvalue weighted by molar-refractivity contribution is 0.00867. The largest absolute Gasteiger partial charge is 0.379 e. The molecular weight excluding hydrogens is 276 g/mol. The third-order valence-electron chi connectivity index (χ3n) is 4.14. The highest BCUT2D eigenvalue weighted by Gasteiger charge is 2.23. The number of ether oxygens (including phenoxy) is 1. The van der Waals surface area contributed by atoms with Crippen LogP contribution in [0.1, 0.15) is 47.0 Å². The molecule has 5 nitrogen and oxygen atoms in total. The van der Waals surface area contributed by atoms with E-state index in [4.69, 9.17) is 9.73 Å². The van der Waals surface area contributed by atoms with Crippen LogP contribution in [-0.4, -0.2) is 62.8 Å². The van der Waals surface area contributed by atoms with Crippen LogP contribution in [0.25, 0.3) is 0 Å². The zero-order valence-corrected chi connectivity index (χ0v) is 15.0. The fourth-order valence-electron chi connectivity index (χ4n) is 2.77. The number of morpholine rings is 1. The van der Waals surface area contributed by atoms with Crippen LogP contribution >= 0.6 is 0 Å². The van der Waals surface area contributed by atoms with E-state index in [0.29, 0.717) is 12.0 Å². The van der Waals surface area contributed by atoms with Crippen LogP contribution in [0.5, 0.6) is 0 Å². The van der Waals surface area contributed by atoms with Crippen LogP contribution in [0.3, 0.4) is 0 Å². The zero-order valence-electron chi connectivity index (χ0n) is 15.0. The quantitative estimate of drug-likeness (QED) is 0.389. The highest BCUT2D eigenvalue weighted by molar-refractivity contribution is 5.79. The lowest BCUT2D eigenvalue weighted by Crippen LogP contribution is -2.48. The minimum Gasteiger partial charge on any atom is -0.379 e. The zero-order chi connectivity index (χ0) is 16.2. The van der Waals surface area contributed by atoms with Gasteiger partial charge in [-0.15, -0.1) is 0 Å². The minimum absolute atomic E-state index is 0.495. The molecule has 0 spiro atoms. The van der Waals surface area contributed by atoms with Crippen molar-refractivity contribution in [2.45, 2.75) is 53.0 Å². The fourth-order valence-corrected chi connectivity index (χ4v) is 2.77. The number of hydrogen-bond donors (Lipinski definition) is 2. The Morgan fingerprint density at radius 3 is 2.45 bits per heavy atom. The van der Waals surface area contributed by atoms with E-state index in [1.165, 1.54) is 19.3 Å². The van der Waals surface area contributed by atoms with E-state index in [0.717, 1.165) is 51.9 Å². The normalized spacial score (nSPS) is 18.5. The minimum atomic E-state index is 0.495. The summed E-state index contributed by atoms with van der Waals surface area (Å²) in [6, 6.07) is 0.495. The van der Waals surface area contributed by atoms with Gasteiger partial charge in [0, 0.05) is 32.2 Å². The molecule has 1 fully saturated rings. The number of nitrogens with zero attached hydrogens (tertiary/aromatic N) is 2. The van der Waals surface area contributed by atoms with Gasteiger partial charge < -0.3 is 15.4 Å². The van der Waals surface area contributed by atoms with E-state index in [2.05, 4.69) is 43.2 Å². The summed E-state index contributed by atoms with van der Waals surface area (Å²) in [4.78, 5) is 7.35. The molecule has 0 aromatic rings. The lowest BCUT2D eigenvalue weighted by Gasteiger charge is -2.36. The summed E-state index contributed by atoms with van der Waals surface area (Å²) in [5.74, 6) is 1.56. The van der Waals surface area contributed by atoms with Crippen molar-refractivity contribution in [2.24, 2.45) is 10.9 Å². The van der Waals surface area contributed by atoms with Gasteiger partial charge in [0.2, 0.25) is 0 Å². The number of guanidine groups is 1. The van der Waals surface area contributed by atoms with Crippen molar-refractivity contribution >= 4 is 5.96 Å². The molecule has 1 aliphatic heterocycles. The first-order chi connectivity index (χ1) is 10.7.